The average Bonchev–Trinajstić information content (AvgIpc) is 2.67. The maximum atomic E-state index is 10.3. The van der Waals surface area contributed by atoms with Crippen molar-refractivity contribution >= 4 is 46.3 Å². The van der Waals surface area contributed by atoms with Crippen molar-refractivity contribution in [3.8, 4) is 0 Å². The minimum atomic E-state index is -0.829. The summed E-state index contributed by atoms with van der Waals surface area (Å²) in [6.45, 7) is 0.463. The predicted molar refractivity (Wildman–Crippen MR) is 69.4 cm³/mol. The van der Waals surface area contributed by atoms with Gasteiger partial charge in [-0.25, -0.2) is 0 Å². The SMILES string of the molecule is O=C(O)CCCNc1nc2cc(Cl)cc(Cl)c2o1. The van der Waals surface area contributed by atoms with Gasteiger partial charge in [-0.3, -0.25) is 4.79 Å². The molecule has 1 aromatic heterocycles. The Morgan fingerprint density at radius 2 is 2.22 bits per heavy atom. The van der Waals surface area contributed by atoms with Crippen molar-refractivity contribution in [3.63, 3.8) is 0 Å². The van der Waals surface area contributed by atoms with Crippen molar-refractivity contribution in [1.29, 1.82) is 0 Å². The molecule has 0 unspecified atom stereocenters. The molecule has 0 atom stereocenters. The molecule has 96 valence electrons. The number of oxazole rings is 1. The molecule has 18 heavy (non-hydrogen) atoms. The Labute approximate surface area is 113 Å². The van der Waals surface area contributed by atoms with Crippen molar-refractivity contribution in [1.82, 2.24) is 4.98 Å². The number of aliphatic carboxylic acids is 1. The largest absolute Gasteiger partial charge is 0.481 e. The third kappa shape index (κ3) is 3.05. The third-order valence-electron chi connectivity index (χ3n) is 2.25. The van der Waals surface area contributed by atoms with E-state index in [0.29, 0.717) is 40.1 Å². The van der Waals surface area contributed by atoms with Crippen LogP contribution in [0.1, 0.15) is 12.8 Å². The van der Waals surface area contributed by atoms with Crippen LogP contribution in [0.3, 0.4) is 0 Å². The van der Waals surface area contributed by atoms with E-state index in [1.165, 1.54) is 0 Å². The lowest BCUT2D eigenvalue weighted by Gasteiger charge is -1.98. The topological polar surface area (TPSA) is 75.4 Å². The Hall–Kier alpha value is -1.46. The highest BCUT2D eigenvalue weighted by Gasteiger charge is 2.10. The van der Waals surface area contributed by atoms with Gasteiger partial charge in [-0.15, -0.1) is 0 Å². The van der Waals surface area contributed by atoms with Gasteiger partial charge in [-0.1, -0.05) is 23.2 Å². The van der Waals surface area contributed by atoms with Crippen LogP contribution in [0.4, 0.5) is 6.01 Å². The van der Waals surface area contributed by atoms with Crippen LogP contribution in [0.5, 0.6) is 0 Å². The number of halogens is 2. The third-order valence-corrected chi connectivity index (χ3v) is 2.75. The van der Waals surface area contributed by atoms with E-state index in [-0.39, 0.29) is 6.42 Å². The van der Waals surface area contributed by atoms with Crippen LogP contribution in [0.2, 0.25) is 10.0 Å². The number of hydrogen-bond donors (Lipinski definition) is 2. The number of benzene rings is 1. The lowest BCUT2D eigenvalue weighted by atomic mass is 10.3. The summed E-state index contributed by atoms with van der Waals surface area (Å²) in [5.74, 6) is -0.829. The van der Waals surface area contributed by atoms with E-state index in [9.17, 15) is 4.79 Å². The second kappa shape index (κ2) is 5.46. The number of carboxylic acid groups (broad SMARTS) is 1. The van der Waals surface area contributed by atoms with Crippen molar-refractivity contribution in [3.05, 3.63) is 22.2 Å². The summed E-state index contributed by atoms with van der Waals surface area (Å²) in [4.78, 5) is 14.5. The van der Waals surface area contributed by atoms with Gasteiger partial charge in [0.15, 0.2) is 5.58 Å². The molecule has 2 aromatic rings. The van der Waals surface area contributed by atoms with Gasteiger partial charge in [0, 0.05) is 18.0 Å². The molecule has 7 heteroatoms. The predicted octanol–water partition coefficient (Wildman–Crippen LogP) is 3.41. The molecule has 0 spiro atoms. The summed E-state index contributed by atoms with van der Waals surface area (Å²) < 4.78 is 5.40. The second-order valence-corrected chi connectivity index (χ2v) is 4.52. The Kier molecular flexibility index (Phi) is 3.93. The van der Waals surface area contributed by atoms with E-state index >= 15 is 0 Å². The molecule has 1 aromatic carbocycles. The van der Waals surface area contributed by atoms with Crippen molar-refractivity contribution < 1.29 is 14.3 Å². The Balaban J connectivity index is 2.06. The van der Waals surface area contributed by atoms with Crippen molar-refractivity contribution in [2.75, 3.05) is 11.9 Å². The van der Waals surface area contributed by atoms with Gasteiger partial charge in [0.25, 0.3) is 6.01 Å². The van der Waals surface area contributed by atoms with E-state index in [4.69, 9.17) is 32.7 Å². The molecule has 0 aliphatic carbocycles. The molecule has 0 amide bonds. The number of nitrogens with zero attached hydrogens (tertiary/aromatic N) is 1. The molecule has 0 saturated heterocycles. The number of nitrogens with one attached hydrogen (secondary N) is 1. The summed E-state index contributed by atoms with van der Waals surface area (Å²) in [6, 6.07) is 3.53. The molecule has 0 saturated carbocycles. The highest BCUT2D eigenvalue weighted by molar-refractivity contribution is 6.38. The van der Waals surface area contributed by atoms with Crippen LogP contribution in [0, 0.1) is 0 Å². The Morgan fingerprint density at radius 3 is 2.94 bits per heavy atom. The first-order chi connectivity index (χ1) is 8.56. The van der Waals surface area contributed by atoms with Crippen LogP contribution in [0.25, 0.3) is 11.1 Å². The zero-order valence-corrected chi connectivity index (χ0v) is 10.8. The van der Waals surface area contributed by atoms with Crippen LogP contribution >= 0.6 is 23.2 Å². The number of anilines is 1. The van der Waals surface area contributed by atoms with Gasteiger partial charge in [0.05, 0.1) is 5.02 Å². The smallest absolute Gasteiger partial charge is 0.303 e. The quantitative estimate of drug-likeness (QED) is 0.825. The van der Waals surface area contributed by atoms with E-state index in [1.54, 1.807) is 12.1 Å². The van der Waals surface area contributed by atoms with E-state index in [0.717, 1.165) is 0 Å². The van der Waals surface area contributed by atoms with E-state index in [2.05, 4.69) is 10.3 Å². The fourth-order valence-corrected chi connectivity index (χ4v) is 1.99. The maximum Gasteiger partial charge on any atom is 0.303 e. The number of aromatic nitrogens is 1. The summed E-state index contributed by atoms with van der Waals surface area (Å²) in [5, 5.41) is 12.3. The molecule has 1 heterocycles. The zero-order valence-electron chi connectivity index (χ0n) is 9.24. The molecule has 2 rings (SSSR count). The van der Waals surface area contributed by atoms with E-state index in [1.807, 2.05) is 0 Å². The average molecular weight is 289 g/mol. The summed E-state index contributed by atoms with van der Waals surface area (Å²) in [5.41, 5.74) is 1.02. The molecule has 5 nitrogen and oxygen atoms in total. The zero-order chi connectivity index (χ0) is 13.1. The highest BCUT2D eigenvalue weighted by Crippen LogP contribution is 2.29. The Bertz CT molecular complexity index is 583. The van der Waals surface area contributed by atoms with Gasteiger partial charge >= 0.3 is 5.97 Å². The molecule has 0 fully saturated rings. The molecular weight excluding hydrogens is 279 g/mol. The second-order valence-electron chi connectivity index (χ2n) is 3.68. The molecule has 0 aliphatic heterocycles. The number of hydrogen-bond acceptors (Lipinski definition) is 4. The molecule has 2 N–H and O–H groups in total. The fourth-order valence-electron chi connectivity index (χ4n) is 1.47. The first kappa shape index (κ1) is 13.0. The van der Waals surface area contributed by atoms with Crippen LogP contribution < -0.4 is 5.32 Å². The molecule has 0 bridgehead atoms. The molecule has 0 radical (unpaired) electrons. The summed E-state index contributed by atoms with van der Waals surface area (Å²) in [6.07, 6.45) is 0.586. The number of carboxylic acids is 1. The first-order valence-electron chi connectivity index (χ1n) is 5.27. The van der Waals surface area contributed by atoms with Crippen LogP contribution in [0.15, 0.2) is 16.5 Å². The monoisotopic (exact) mass is 288 g/mol. The lowest BCUT2D eigenvalue weighted by molar-refractivity contribution is -0.137. The summed E-state index contributed by atoms with van der Waals surface area (Å²) >= 11 is 11.8. The normalized spacial score (nSPS) is 10.8. The van der Waals surface area contributed by atoms with Gasteiger partial charge < -0.3 is 14.8 Å². The van der Waals surface area contributed by atoms with Crippen molar-refractivity contribution in [2.24, 2.45) is 0 Å². The van der Waals surface area contributed by atoms with Crippen LogP contribution in [-0.2, 0) is 4.79 Å². The van der Waals surface area contributed by atoms with Crippen LogP contribution in [-0.4, -0.2) is 22.6 Å². The lowest BCUT2D eigenvalue weighted by Crippen LogP contribution is -2.04. The van der Waals surface area contributed by atoms with Crippen molar-refractivity contribution in [2.45, 2.75) is 12.8 Å². The first-order valence-corrected chi connectivity index (χ1v) is 6.03. The van der Waals surface area contributed by atoms with Gasteiger partial charge in [-0.2, -0.15) is 4.98 Å². The van der Waals surface area contributed by atoms with E-state index < -0.39 is 5.97 Å². The maximum absolute atomic E-state index is 10.3. The minimum absolute atomic E-state index is 0.0970. The fraction of sp³-hybridized carbons (Fsp3) is 0.273. The standard InChI is InChI=1S/C11H10Cl2N2O3/c12-6-4-7(13)10-8(5-6)15-11(18-10)14-3-1-2-9(16)17/h4-5H,1-3H2,(H,14,15)(H,16,17). The highest BCUT2D eigenvalue weighted by atomic mass is 35.5. The Morgan fingerprint density at radius 1 is 1.44 bits per heavy atom. The molecule has 0 aliphatic rings. The number of rotatable bonds is 5. The van der Waals surface area contributed by atoms with Gasteiger partial charge in [0.1, 0.15) is 5.52 Å². The number of carbonyl (C=O) groups is 1. The van der Waals surface area contributed by atoms with Gasteiger partial charge in [0.2, 0.25) is 0 Å². The summed E-state index contributed by atoms with van der Waals surface area (Å²) in [7, 11) is 0. The van der Waals surface area contributed by atoms with Gasteiger partial charge in [-0.05, 0) is 18.6 Å². The minimum Gasteiger partial charge on any atom is -0.481 e. The number of fused-ring (bicyclic) bond motifs is 1. The molecular formula is C11H10Cl2N2O3.